The second kappa shape index (κ2) is 8.36. The summed E-state index contributed by atoms with van der Waals surface area (Å²) in [4.78, 5) is 13.0. The monoisotopic (exact) mass is 418 g/mol. The molecule has 160 valence electrons. The van der Waals surface area contributed by atoms with Gasteiger partial charge in [0.05, 0.1) is 6.10 Å². The van der Waals surface area contributed by atoms with Crippen LogP contribution in [-0.2, 0) is 23.1 Å². The quantitative estimate of drug-likeness (QED) is 0.431. The van der Waals surface area contributed by atoms with Crippen LogP contribution in [0, 0.1) is 5.92 Å². The standard InChI is InChI=1S/C20H42O5Si2/c1-19(2,3)26(9,10)24-16-14(18(22-7)23-8)13-15(21)17(16)25-27(11,12)20(4,5)6/h14,16-18H,13H2,1-12H3/t14-,16+,17-/m0/s1. The largest absolute Gasteiger partial charge is 0.410 e. The molecule has 0 spiro atoms. The van der Waals surface area contributed by atoms with Crippen molar-refractivity contribution in [2.45, 2.75) is 103 Å². The third kappa shape index (κ3) is 5.51. The van der Waals surface area contributed by atoms with Crippen molar-refractivity contribution in [3.8, 4) is 0 Å². The summed E-state index contributed by atoms with van der Waals surface area (Å²) < 4.78 is 24.4. The van der Waals surface area contributed by atoms with Gasteiger partial charge in [-0.1, -0.05) is 41.5 Å². The van der Waals surface area contributed by atoms with Gasteiger partial charge in [0, 0.05) is 26.6 Å². The molecule has 0 unspecified atom stereocenters. The maximum Gasteiger partial charge on any atom is 0.193 e. The van der Waals surface area contributed by atoms with Crippen molar-refractivity contribution in [3.05, 3.63) is 0 Å². The molecule has 0 N–H and O–H groups in total. The highest BCUT2D eigenvalue weighted by Crippen LogP contribution is 2.44. The fraction of sp³-hybridized carbons (Fsp3) is 0.950. The SMILES string of the molecule is COC(OC)[C@H]1CC(=O)[C@H](O[Si](C)(C)C(C)(C)C)[C@@H]1O[Si](C)(C)C(C)(C)C. The summed E-state index contributed by atoms with van der Waals surface area (Å²) in [6.45, 7) is 22.0. The third-order valence-electron chi connectivity index (χ3n) is 6.75. The van der Waals surface area contributed by atoms with E-state index in [0.29, 0.717) is 6.42 Å². The summed E-state index contributed by atoms with van der Waals surface area (Å²) in [6.07, 6.45) is -0.989. The van der Waals surface area contributed by atoms with Gasteiger partial charge in [0.25, 0.3) is 0 Å². The molecular formula is C20H42O5Si2. The van der Waals surface area contributed by atoms with Gasteiger partial charge >= 0.3 is 0 Å². The fourth-order valence-electron chi connectivity index (χ4n) is 2.86. The van der Waals surface area contributed by atoms with E-state index in [0.717, 1.165) is 0 Å². The number of rotatable bonds is 7. The van der Waals surface area contributed by atoms with Crippen molar-refractivity contribution in [1.82, 2.24) is 0 Å². The van der Waals surface area contributed by atoms with Gasteiger partial charge in [0.15, 0.2) is 28.7 Å². The summed E-state index contributed by atoms with van der Waals surface area (Å²) in [5.74, 6) is -0.0518. The van der Waals surface area contributed by atoms with Crippen LogP contribution < -0.4 is 0 Å². The van der Waals surface area contributed by atoms with Gasteiger partial charge in [0.1, 0.15) is 6.10 Å². The average Bonchev–Trinajstić information content (AvgIpc) is 2.74. The minimum absolute atomic E-state index is 0.0226. The van der Waals surface area contributed by atoms with Crippen LogP contribution in [0.15, 0.2) is 0 Å². The molecule has 0 saturated heterocycles. The topological polar surface area (TPSA) is 54.0 Å². The molecule has 0 radical (unpaired) electrons. The lowest BCUT2D eigenvalue weighted by atomic mass is 10.1. The summed E-state index contributed by atoms with van der Waals surface area (Å²) >= 11 is 0. The fourth-order valence-corrected chi connectivity index (χ4v) is 5.45. The molecule has 3 atom stereocenters. The zero-order valence-corrected chi connectivity index (χ0v) is 21.6. The Morgan fingerprint density at radius 3 is 1.63 bits per heavy atom. The van der Waals surface area contributed by atoms with Gasteiger partial charge in [-0.25, -0.2) is 0 Å². The number of ether oxygens (including phenoxy) is 2. The third-order valence-corrected chi connectivity index (χ3v) is 15.7. The molecule has 0 aromatic rings. The van der Waals surface area contributed by atoms with Crippen LogP contribution in [-0.4, -0.2) is 55.1 Å². The van der Waals surface area contributed by atoms with E-state index in [1.807, 2.05) is 0 Å². The lowest BCUT2D eigenvalue weighted by Crippen LogP contribution is -2.53. The molecule has 1 rings (SSSR count). The van der Waals surface area contributed by atoms with Crippen molar-refractivity contribution in [1.29, 1.82) is 0 Å². The minimum Gasteiger partial charge on any atom is -0.410 e. The van der Waals surface area contributed by atoms with E-state index < -0.39 is 29.0 Å². The van der Waals surface area contributed by atoms with E-state index in [4.69, 9.17) is 18.3 Å². The Hall–Kier alpha value is -0.0562. The molecule has 0 aromatic carbocycles. The number of Topliss-reactive ketones (excluding diaryl/α,β-unsaturated/α-hetero) is 1. The summed E-state index contributed by atoms with van der Waals surface area (Å²) in [7, 11) is -1.000. The average molecular weight is 419 g/mol. The van der Waals surface area contributed by atoms with Crippen LogP contribution in [0.5, 0.6) is 0 Å². The first-order valence-corrected chi connectivity index (χ1v) is 15.7. The Kier molecular flexibility index (Phi) is 7.73. The predicted molar refractivity (Wildman–Crippen MR) is 115 cm³/mol. The van der Waals surface area contributed by atoms with Gasteiger partial charge in [-0.2, -0.15) is 0 Å². The number of methoxy groups -OCH3 is 2. The summed E-state index contributed by atoms with van der Waals surface area (Å²) in [5.41, 5.74) is 0. The zero-order chi connectivity index (χ0) is 21.4. The van der Waals surface area contributed by atoms with Crippen molar-refractivity contribution < 1.29 is 23.1 Å². The Balaban J connectivity index is 3.28. The van der Waals surface area contributed by atoms with E-state index >= 15 is 0 Å². The summed E-state index contributed by atoms with van der Waals surface area (Å²) in [5, 5.41) is 0.0646. The molecule has 0 aromatic heterocycles. The molecule has 7 heteroatoms. The van der Waals surface area contributed by atoms with Crippen molar-refractivity contribution in [3.63, 3.8) is 0 Å². The molecule has 0 bridgehead atoms. The lowest BCUT2D eigenvalue weighted by Gasteiger charge is -2.44. The molecular weight excluding hydrogens is 376 g/mol. The molecule has 5 nitrogen and oxygen atoms in total. The molecule has 0 amide bonds. The van der Waals surface area contributed by atoms with E-state index in [-0.39, 0.29) is 27.9 Å². The van der Waals surface area contributed by atoms with Gasteiger partial charge in [-0.15, -0.1) is 0 Å². The number of hydrogen-bond acceptors (Lipinski definition) is 5. The Labute approximate surface area is 168 Å². The van der Waals surface area contributed by atoms with Crippen LogP contribution in [0.3, 0.4) is 0 Å². The first-order chi connectivity index (χ1) is 12.0. The van der Waals surface area contributed by atoms with Gasteiger partial charge in [-0.3, -0.25) is 4.79 Å². The predicted octanol–water partition coefficient (Wildman–Crippen LogP) is 4.98. The minimum atomic E-state index is -2.13. The molecule has 27 heavy (non-hydrogen) atoms. The summed E-state index contributed by atoms with van der Waals surface area (Å²) in [6, 6.07) is 0. The Bertz CT molecular complexity index is 515. The molecule has 1 fully saturated rings. The van der Waals surface area contributed by atoms with Crippen molar-refractivity contribution in [2.75, 3.05) is 14.2 Å². The first kappa shape index (κ1) is 25.0. The second-order valence-corrected chi connectivity index (χ2v) is 20.3. The smallest absolute Gasteiger partial charge is 0.193 e. The number of ketones is 1. The van der Waals surface area contributed by atoms with Gasteiger partial charge in [-0.05, 0) is 36.3 Å². The van der Waals surface area contributed by atoms with Crippen LogP contribution in [0.25, 0.3) is 0 Å². The highest BCUT2D eigenvalue weighted by Gasteiger charge is 2.54. The Morgan fingerprint density at radius 1 is 0.852 bits per heavy atom. The van der Waals surface area contributed by atoms with Gasteiger partial charge < -0.3 is 18.3 Å². The number of carbonyl (C=O) groups excluding carboxylic acids is 1. The number of hydrogen-bond donors (Lipinski definition) is 0. The Morgan fingerprint density at radius 2 is 1.26 bits per heavy atom. The molecule has 0 aliphatic heterocycles. The van der Waals surface area contributed by atoms with Crippen molar-refractivity contribution in [2.24, 2.45) is 5.92 Å². The molecule has 1 aliphatic carbocycles. The van der Waals surface area contributed by atoms with E-state index in [1.165, 1.54) is 0 Å². The zero-order valence-electron chi connectivity index (χ0n) is 19.6. The van der Waals surface area contributed by atoms with Crippen LogP contribution in [0.2, 0.25) is 36.3 Å². The molecule has 0 heterocycles. The van der Waals surface area contributed by atoms with Crippen molar-refractivity contribution >= 4 is 22.4 Å². The molecule has 1 saturated carbocycles. The van der Waals surface area contributed by atoms with E-state index in [9.17, 15) is 4.79 Å². The van der Waals surface area contributed by atoms with E-state index in [2.05, 4.69) is 67.7 Å². The van der Waals surface area contributed by atoms with Gasteiger partial charge in [0.2, 0.25) is 0 Å². The van der Waals surface area contributed by atoms with E-state index in [1.54, 1.807) is 14.2 Å². The maximum absolute atomic E-state index is 13.0. The molecule has 1 aliphatic rings. The van der Waals surface area contributed by atoms with Crippen LogP contribution >= 0.6 is 0 Å². The number of carbonyl (C=O) groups is 1. The van der Waals surface area contributed by atoms with Crippen LogP contribution in [0.1, 0.15) is 48.0 Å². The maximum atomic E-state index is 13.0. The second-order valence-electron chi connectivity index (χ2n) is 10.8. The first-order valence-electron chi connectivity index (χ1n) is 9.92. The van der Waals surface area contributed by atoms with Crippen LogP contribution in [0.4, 0.5) is 0 Å². The lowest BCUT2D eigenvalue weighted by molar-refractivity contribution is -0.157. The normalized spacial score (nSPS) is 25.5. The highest BCUT2D eigenvalue weighted by molar-refractivity contribution is 6.74. The highest BCUT2D eigenvalue weighted by atomic mass is 28.4.